The molecule has 0 radical (unpaired) electrons. The highest BCUT2D eigenvalue weighted by molar-refractivity contribution is 6.31. The summed E-state index contributed by atoms with van der Waals surface area (Å²) >= 11 is 5.75. The number of nitrogens with zero attached hydrogens (tertiary/aromatic N) is 1. The Morgan fingerprint density at radius 2 is 2.33 bits per heavy atom. The number of rotatable bonds is 4. The minimum absolute atomic E-state index is 0.0337. The molecule has 0 saturated heterocycles. The first-order valence-electron chi connectivity index (χ1n) is 4.26. The van der Waals surface area contributed by atoms with Crippen LogP contribution in [0.15, 0.2) is 18.2 Å². The van der Waals surface area contributed by atoms with E-state index in [0.29, 0.717) is 5.56 Å². The lowest BCUT2D eigenvalue weighted by Gasteiger charge is -2.11. The van der Waals surface area contributed by atoms with Crippen molar-refractivity contribution in [1.29, 1.82) is 5.26 Å². The molecule has 0 aliphatic rings. The Kier molecular flexibility index (Phi) is 4.50. The zero-order chi connectivity index (χ0) is 11.3. The van der Waals surface area contributed by atoms with E-state index in [1.807, 2.05) is 6.07 Å². The highest BCUT2D eigenvalue weighted by Gasteiger charge is 2.14. The van der Waals surface area contributed by atoms with Crippen molar-refractivity contribution in [3.8, 4) is 6.07 Å². The lowest BCUT2D eigenvalue weighted by Crippen LogP contribution is -2.06. The fourth-order valence-electron chi connectivity index (χ4n) is 1.08. The van der Waals surface area contributed by atoms with Crippen LogP contribution < -0.4 is 0 Å². The van der Waals surface area contributed by atoms with Crippen LogP contribution in [0.2, 0.25) is 5.02 Å². The van der Waals surface area contributed by atoms with E-state index < -0.39 is 11.9 Å². The molecule has 1 aromatic carbocycles. The molecule has 0 heterocycles. The van der Waals surface area contributed by atoms with Crippen LogP contribution in [0.3, 0.4) is 0 Å². The Morgan fingerprint density at radius 1 is 1.60 bits per heavy atom. The molecule has 1 atom stereocenters. The standard InChI is InChI=1S/C10H9ClFNO2/c11-9-5-7(12)1-2-8(9)10(6-13)15-4-3-14/h1-2,5,10,14H,3-4H2. The summed E-state index contributed by atoms with van der Waals surface area (Å²) in [5.41, 5.74) is 0.397. The van der Waals surface area contributed by atoms with Gasteiger partial charge in [-0.15, -0.1) is 0 Å². The van der Waals surface area contributed by atoms with Gasteiger partial charge in [0.25, 0.3) is 0 Å². The lowest BCUT2D eigenvalue weighted by molar-refractivity contribution is 0.0581. The molecule has 0 aliphatic heterocycles. The summed E-state index contributed by atoms with van der Waals surface area (Å²) in [6, 6.07) is 5.58. The van der Waals surface area contributed by atoms with Gasteiger partial charge in [-0.05, 0) is 12.1 Å². The molecule has 80 valence electrons. The topological polar surface area (TPSA) is 53.2 Å². The minimum Gasteiger partial charge on any atom is -0.394 e. The van der Waals surface area contributed by atoms with Gasteiger partial charge < -0.3 is 9.84 Å². The normalized spacial score (nSPS) is 12.1. The number of hydrogen-bond acceptors (Lipinski definition) is 3. The third-order valence-electron chi connectivity index (χ3n) is 1.74. The van der Waals surface area contributed by atoms with E-state index in [1.54, 1.807) is 0 Å². The van der Waals surface area contributed by atoms with Crippen molar-refractivity contribution in [2.24, 2.45) is 0 Å². The summed E-state index contributed by atoms with van der Waals surface area (Å²) in [7, 11) is 0. The van der Waals surface area contributed by atoms with Crippen molar-refractivity contribution in [2.45, 2.75) is 6.10 Å². The van der Waals surface area contributed by atoms with Gasteiger partial charge in [0, 0.05) is 5.56 Å². The third-order valence-corrected chi connectivity index (χ3v) is 2.07. The smallest absolute Gasteiger partial charge is 0.170 e. The molecule has 0 aromatic heterocycles. The number of hydrogen-bond donors (Lipinski definition) is 1. The predicted molar refractivity (Wildman–Crippen MR) is 52.8 cm³/mol. The fraction of sp³-hybridized carbons (Fsp3) is 0.300. The summed E-state index contributed by atoms with van der Waals surface area (Å²) in [6.45, 7) is -0.150. The average molecular weight is 230 g/mol. The molecule has 1 rings (SSSR count). The number of ether oxygens (including phenoxy) is 1. The van der Waals surface area contributed by atoms with Crippen LogP contribution in [0.5, 0.6) is 0 Å². The first-order valence-corrected chi connectivity index (χ1v) is 4.64. The number of halogens is 2. The lowest BCUT2D eigenvalue weighted by atomic mass is 10.1. The number of nitriles is 1. The van der Waals surface area contributed by atoms with Gasteiger partial charge in [0.05, 0.1) is 24.3 Å². The molecule has 1 unspecified atom stereocenters. The van der Waals surface area contributed by atoms with Gasteiger partial charge in [-0.25, -0.2) is 4.39 Å². The molecule has 1 N–H and O–H groups in total. The van der Waals surface area contributed by atoms with E-state index in [1.165, 1.54) is 12.1 Å². The summed E-state index contributed by atoms with van der Waals surface area (Å²) in [4.78, 5) is 0. The van der Waals surface area contributed by atoms with E-state index in [-0.39, 0.29) is 18.2 Å². The van der Waals surface area contributed by atoms with Crippen molar-refractivity contribution in [3.63, 3.8) is 0 Å². The number of benzene rings is 1. The first kappa shape index (κ1) is 11.9. The van der Waals surface area contributed by atoms with E-state index >= 15 is 0 Å². The van der Waals surface area contributed by atoms with Gasteiger partial charge in [-0.2, -0.15) is 5.26 Å². The maximum absolute atomic E-state index is 12.7. The maximum Gasteiger partial charge on any atom is 0.170 e. The Bertz CT molecular complexity index is 378. The highest BCUT2D eigenvalue weighted by Crippen LogP contribution is 2.25. The second kappa shape index (κ2) is 5.66. The van der Waals surface area contributed by atoms with Crippen LogP contribution in [-0.4, -0.2) is 18.3 Å². The van der Waals surface area contributed by atoms with Gasteiger partial charge in [0.1, 0.15) is 5.82 Å². The van der Waals surface area contributed by atoms with Crippen LogP contribution >= 0.6 is 11.6 Å². The van der Waals surface area contributed by atoms with Crippen LogP contribution in [0.1, 0.15) is 11.7 Å². The summed E-state index contributed by atoms with van der Waals surface area (Å²) in [5, 5.41) is 17.5. The number of aliphatic hydroxyl groups excluding tert-OH is 1. The van der Waals surface area contributed by atoms with Gasteiger partial charge in [-0.1, -0.05) is 17.7 Å². The largest absolute Gasteiger partial charge is 0.394 e. The summed E-state index contributed by atoms with van der Waals surface area (Å²) in [5.74, 6) is -0.470. The summed E-state index contributed by atoms with van der Waals surface area (Å²) in [6.07, 6.45) is -0.884. The van der Waals surface area contributed by atoms with Gasteiger partial charge in [0.2, 0.25) is 0 Å². The molecule has 0 aliphatic carbocycles. The molecular formula is C10H9ClFNO2. The third kappa shape index (κ3) is 3.17. The highest BCUT2D eigenvalue weighted by atomic mass is 35.5. The van der Waals surface area contributed by atoms with Gasteiger partial charge in [-0.3, -0.25) is 0 Å². The van der Waals surface area contributed by atoms with Gasteiger partial charge >= 0.3 is 0 Å². The molecule has 0 amide bonds. The minimum atomic E-state index is -0.884. The van der Waals surface area contributed by atoms with Gasteiger partial charge in [0.15, 0.2) is 6.10 Å². The molecule has 5 heteroatoms. The van der Waals surface area contributed by atoms with Crippen LogP contribution in [0.25, 0.3) is 0 Å². The molecule has 3 nitrogen and oxygen atoms in total. The van der Waals surface area contributed by atoms with Crippen LogP contribution in [0.4, 0.5) is 4.39 Å². The van der Waals surface area contributed by atoms with E-state index in [4.69, 9.17) is 26.7 Å². The molecular weight excluding hydrogens is 221 g/mol. The zero-order valence-corrected chi connectivity index (χ0v) is 8.54. The van der Waals surface area contributed by atoms with Crippen molar-refractivity contribution in [1.82, 2.24) is 0 Å². The second-order valence-corrected chi connectivity index (χ2v) is 3.18. The predicted octanol–water partition coefficient (Wildman–Crippen LogP) is 2.05. The number of aliphatic hydroxyl groups is 1. The molecule has 0 saturated carbocycles. The zero-order valence-electron chi connectivity index (χ0n) is 7.78. The molecule has 0 bridgehead atoms. The van der Waals surface area contributed by atoms with Crippen molar-refractivity contribution in [2.75, 3.05) is 13.2 Å². The fourth-order valence-corrected chi connectivity index (χ4v) is 1.35. The van der Waals surface area contributed by atoms with E-state index in [9.17, 15) is 4.39 Å². The molecule has 1 aromatic rings. The van der Waals surface area contributed by atoms with Crippen molar-refractivity contribution in [3.05, 3.63) is 34.6 Å². The van der Waals surface area contributed by atoms with Crippen molar-refractivity contribution < 1.29 is 14.2 Å². The second-order valence-electron chi connectivity index (χ2n) is 2.77. The molecule has 0 fully saturated rings. The molecule has 15 heavy (non-hydrogen) atoms. The Balaban J connectivity index is 2.88. The SMILES string of the molecule is N#CC(OCCO)c1ccc(F)cc1Cl. The van der Waals surface area contributed by atoms with E-state index in [0.717, 1.165) is 6.07 Å². The van der Waals surface area contributed by atoms with E-state index in [2.05, 4.69) is 0 Å². The van der Waals surface area contributed by atoms with Crippen molar-refractivity contribution >= 4 is 11.6 Å². The Hall–Kier alpha value is -1.15. The monoisotopic (exact) mass is 229 g/mol. The summed E-state index contributed by atoms with van der Waals surface area (Å²) < 4.78 is 17.7. The Labute approximate surface area is 91.7 Å². The Morgan fingerprint density at radius 3 is 2.87 bits per heavy atom. The quantitative estimate of drug-likeness (QED) is 0.860. The van der Waals surface area contributed by atoms with Crippen LogP contribution in [-0.2, 0) is 4.74 Å². The average Bonchev–Trinajstić information content (AvgIpc) is 2.21. The first-order chi connectivity index (χ1) is 7.19. The van der Waals surface area contributed by atoms with Crippen LogP contribution in [0, 0.1) is 17.1 Å². The molecule has 0 spiro atoms. The maximum atomic E-state index is 12.7.